The second kappa shape index (κ2) is 11.9. The molecule has 0 fully saturated rings. The summed E-state index contributed by atoms with van der Waals surface area (Å²) in [7, 11) is 0. The van der Waals surface area contributed by atoms with Crippen LogP contribution >= 0.6 is 23.4 Å². The van der Waals surface area contributed by atoms with Gasteiger partial charge in [0.05, 0.1) is 28.6 Å². The highest BCUT2D eigenvalue weighted by Gasteiger charge is 2.15. The fourth-order valence-electron chi connectivity index (χ4n) is 3.79. The molecule has 10 heteroatoms. The van der Waals surface area contributed by atoms with Crippen molar-refractivity contribution in [2.45, 2.75) is 19.0 Å². The van der Waals surface area contributed by atoms with E-state index in [1.165, 1.54) is 10.8 Å². The van der Waals surface area contributed by atoms with E-state index in [0.29, 0.717) is 32.3 Å². The topological polar surface area (TPSA) is 99.8 Å². The van der Waals surface area contributed by atoms with Gasteiger partial charge >= 0.3 is 0 Å². The van der Waals surface area contributed by atoms with Crippen molar-refractivity contribution in [2.75, 3.05) is 23.7 Å². The Kier molecular flexibility index (Phi) is 8.47. The molecule has 0 aliphatic heterocycles. The predicted molar refractivity (Wildman–Crippen MR) is 150 cm³/mol. The summed E-state index contributed by atoms with van der Waals surface area (Å²) in [4.78, 5) is 32.5. The summed E-state index contributed by atoms with van der Waals surface area (Å²) >= 11 is 7.14. The molecule has 0 saturated carbocycles. The minimum Gasteiger partial charge on any atom is -0.507 e. The molecule has 1 amide bonds. The number of hydrazone groups is 1. The highest BCUT2D eigenvalue weighted by molar-refractivity contribution is 7.99. The second-order valence-electron chi connectivity index (χ2n) is 8.03. The van der Waals surface area contributed by atoms with Crippen LogP contribution in [0.15, 0.2) is 81.8 Å². The summed E-state index contributed by atoms with van der Waals surface area (Å²) in [6, 6.07) is 19.2. The number of aromatic nitrogens is 2. The van der Waals surface area contributed by atoms with Crippen molar-refractivity contribution in [3.63, 3.8) is 0 Å². The average Bonchev–Trinajstić information content (AvgIpc) is 2.90. The number of rotatable bonds is 9. The molecule has 0 aliphatic carbocycles. The van der Waals surface area contributed by atoms with Crippen molar-refractivity contribution in [3.8, 4) is 11.4 Å². The normalized spacial score (nSPS) is 11.2. The predicted octanol–water partition coefficient (Wildman–Crippen LogP) is 4.83. The van der Waals surface area contributed by atoms with Crippen molar-refractivity contribution in [1.29, 1.82) is 0 Å². The monoisotopic (exact) mass is 535 g/mol. The molecule has 3 aromatic carbocycles. The lowest BCUT2D eigenvalue weighted by atomic mass is 10.2. The first-order valence-corrected chi connectivity index (χ1v) is 13.1. The zero-order valence-corrected chi connectivity index (χ0v) is 22.0. The maximum atomic E-state index is 13.3. The zero-order chi connectivity index (χ0) is 26.4. The number of amides is 1. The molecule has 37 heavy (non-hydrogen) atoms. The number of phenols is 1. The lowest BCUT2D eigenvalue weighted by molar-refractivity contribution is -0.118. The van der Waals surface area contributed by atoms with Gasteiger partial charge in [0.1, 0.15) is 5.75 Å². The Bertz CT molecular complexity index is 1500. The smallest absolute Gasteiger partial charge is 0.266 e. The highest BCUT2D eigenvalue weighted by atomic mass is 35.5. The molecule has 0 radical (unpaired) electrons. The standard InChI is InChI=1S/C27H26ClN5O3S/c1-3-32(4-2)21-12-9-18(24(34)15-21)16-29-31-25(35)17-37-27-30-23-8-6-5-7-22(23)26(36)33(27)20-13-10-19(28)11-14-20/h5-16,34H,3-4,17H2,1-2H3,(H,31,35)/b29-16-. The van der Waals surface area contributed by atoms with Gasteiger partial charge in [0.15, 0.2) is 5.16 Å². The quantitative estimate of drug-likeness (QED) is 0.138. The summed E-state index contributed by atoms with van der Waals surface area (Å²) in [6.45, 7) is 5.75. The Balaban J connectivity index is 1.49. The SMILES string of the molecule is CCN(CC)c1ccc(/C=N\NC(=O)CSc2nc3ccccc3c(=O)n2-c2ccc(Cl)cc2)c(O)c1. The lowest BCUT2D eigenvalue weighted by Gasteiger charge is -2.21. The van der Waals surface area contributed by atoms with E-state index in [9.17, 15) is 14.7 Å². The van der Waals surface area contributed by atoms with Crippen molar-refractivity contribution in [1.82, 2.24) is 15.0 Å². The molecule has 190 valence electrons. The Hall–Kier alpha value is -3.82. The van der Waals surface area contributed by atoms with Gasteiger partial charge in [-0.25, -0.2) is 10.4 Å². The molecule has 4 aromatic rings. The van der Waals surface area contributed by atoms with Crippen molar-refractivity contribution in [2.24, 2.45) is 5.10 Å². The van der Waals surface area contributed by atoms with Crippen LogP contribution in [-0.2, 0) is 4.79 Å². The number of fused-ring (bicyclic) bond motifs is 1. The van der Waals surface area contributed by atoms with E-state index in [1.54, 1.807) is 60.7 Å². The summed E-state index contributed by atoms with van der Waals surface area (Å²) in [5.41, 5.74) is 4.76. The molecule has 1 heterocycles. The highest BCUT2D eigenvalue weighted by Crippen LogP contribution is 2.24. The van der Waals surface area contributed by atoms with Crippen molar-refractivity contribution < 1.29 is 9.90 Å². The molecular weight excluding hydrogens is 510 g/mol. The molecule has 8 nitrogen and oxygen atoms in total. The largest absolute Gasteiger partial charge is 0.507 e. The molecular formula is C27H26ClN5O3S. The number of aromatic hydroxyl groups is 1. The van der Waals surface area contributed by atoms with Crippen LogP contribution in [-0.4, -0.2) is 45.6 Å². The first kappa shape index (κ1) is 26.2. The van der Waals surface area contributed by atoms with Crippen LogP contribution in [0.2, 0.25) is 5.02 Å². The van der Waals surface area contributed by atoms with Gasteiger partial charge in [-0.05, 0) is 62.4 Å². The first-order valence-electron chi connectivity index (χ1n) is 11.7. The Morgan fingerprint density at radius 2 is 1.86 bits per heavy atom. The molecule has 4 rings (SSSR count). The number of hydrogen-bond acceptors (Lipinski definition) is 7. The Labute approximate surface area is 223 Å². The van der Waals surface area contributed by atoms with Crippen LogP contribution in [0.3, 0.4) is 0 Å². The van der Waals surface area contributed by atoms with Crippen LogP contribution < -0.4 is 15.9 Å². The second-order valence-corrected chi connectivity index (χ2v) is 9.40. The van der Waals surface area contributed by atoms with Crippen molar-refractivity contribution in [3.05, 3.63) is 87.7 Å². The Morgan fingerprint density at radius 3 is 2.57 bits per heavy atom. The van der Waals surface area contributed by atoms with Crippen LogP contribution in [0, 0.1) is 0 Å². The number of anilines is 1. The number of phenolic OH excluding ortho intramolecular Hbond substituents is 1. The number of carbonyl (C=O) groups is 1. The van der Waals surface area contributed by atoms with E-state index in [2.05, 4.69) is 20.4 Å². The van der Waals surface area contributed by atoms with E-state index in [4.69, 9.17) is 11.6 Å². The number of hydrogen-bond donors (Lipinski definition) is 2. The number of carbonyl (C=O) groups excluding carboxylic acids is 1. The van der Waals surface area contributed by atoms with Crippen LogP contribution in [0.5, 0.6) is 5.75 Å². The molecule has 2 N–H and O–H groups in total. The maximum absolute atomic E-state index is 13.3. The van der Waals surface area contributed by atoms with Gasteiger partial charge in [-0.1, -0.05) is 35.5 Å². The molecule has 0 bridgehead atoms. The van der Waals surface area contributed by atoms with Crippen LogP contribution in [0.1, 0.15) is 19.4 Å². The van der Waals surface area contributed by atoms with E-state index in [1.807, 2.05) is 19.9 Å². The first-order chi connectivity index (χ1) is 17.9. The molecule has 1 aromatic heterocycles. The molecule has 0 saturated heterocycles. The van der Waals surface area contributed by atoms with Crippen LogP contribution in [0.25, 0.3) is 16.6 Å². The fourth-order valence-corrected chi connectivity index (χ4v) is 4.72. The average molecular weight is 536 g/mol. The fraction of sp³-hybridized carbons (Fsp3) is 0.185. The van der Waals surface area contributed by atoms with Gasteiger partial charge in [0.2, 0.25) is 0 Å². The van der Waals surface area contributed by atoms with Gasteiger partial charge in [-0.3, -0.25) is 14.2 Å². The summed E-state index contributed by atoms with van der Waals surface area (Å²) in [6.07, 6.45) is 1.39. The number of nitrogens with zero attached hydrogens (tertiary/aromatic N) is 4. The van der Waals surface area contributed by atoms with Gasteiger partial charge in [-0.2, -0.15) is 5.10 Å². The zero-order valence-electron chi connectivity index (χ0n) is 20.4. The number of halogens is 1. The van der Waals surface area contributed by atoms with E-state index >= 15 is 0 Å². The maximum Gasteiger partial charge on any atom is 0.266 e. The molecule has 0 spiro atoms. The summed E-state index contributed by atoms with van der Waals surface area (Å²) in [5.74, 6) is -0.336. The minimum absolute atomic E-state index is 0.0252. The minimum atomic E-state index is -0.384. The summed E-state index contributed by atoms with van der Waals surface area (Å²) < 4.78 is 1.47. The van der Waals surface area contributed by atoms with Gasteiger partial charge in [0.25, 0.3) is 11.5 Å². The molecule has 0 atom stereocenters. The third kappa shape index (κ3) is 6.12. The lowest BCUT2D eigenvalue weighted by Crippen LogP contribution is -2.24. The van der Waals surface area contributed by atoms with E-state index < -0.39 is 0 Å². The number of para-hydroxylation sites is 1. The van der Waals surface area contributed by atoms with E-state index in [-0.39, 0.29) is 23.0 Å². The van der Waals surface area contributed by atoms with Gasteiger partial charge in [-0.15, -0.1) is 0 Å². The summed E-state index contributed by atoms with van der Waals surface area (Å²) in [5, 5.41) is 15.7. The molecule has 0 aliphatic rings. The Morgan fingerprint density at radius 1 is 1.14 bits per heavy atom. The van der Waals surface area contributed by atoms with Crippen molar-refractivity contribution >= 4 is 52.1 Å². The third-order valence-electron chi connectivity index (χ3n) is 5.70. The van der Waals surface area contributed by atoms with Crippen LogP contribution in [0.4, 0.5) is 5.69 Å². The third-order valence-corrected chi connectivity index (χ3v) is 6.89. The number of nitrogens with one attached hydrogen (secondary N) is 1. The number of thioether (sulfide) groups is 1. The number of benzene rings is 3. The van der Waals surface area contributed by atoms with E-state index in [0.717, 1.165) is 30.5 Å². The molecule has 0 unspecified atom stereocenters. The van der Waals surface area contributed by atoms with Gasteiger partial charge < -0.3 is 10.0 Å². The van der Waals surface area contributed by atoms with Gasteiger partial charge in [0, 0.05) is 35.4 Å².